The fourth-order valence-electron chi connectivity index (χ4n) is 4.54. The number of hydrogen-bond acceptors (Lipinski definition) is 5. The fourth-order valence-corrected chi connectivity index (χ4v) is 4.54. The van der Waals surface area contributed by atoms with Crippen molar-refractivity contribution in [3.05, 3.63) is 107 Å². The summed E-state index contributed by atoms with van der Waals surface area (Å²) >= 11 is 0. The molecular weight excluding hydrogens is 400 g/mol. The maximum absolute atomic E-state index is 6.63. The van der Waals surface area contributed by atoms with E-state index in [4.69, 9.17) is 9.47 Å². The molecule has 0 radical (unpaired) electrons. The van der Waals surface area contributed by atoms with Gasteiger partial charge in [-0.1, -0.05) is 54.1 Å². The summed E-state index contributed by atoms with van der Waals surface area (Å²) in [6.45, 7) is 2.10. The topological polar surface area (TPSA) is 61.2 Å². The zero-order chi connectivity index (χ0) is 21.7. The summed E-state index contributed by atoms with van der Waals surface area (Å²) in [6.07, 6.45) is 1.30. The number of nitrogens with zero attached hydrogens (tertiary/aromatic N) is 3. The summed E-state index contributed by atoms with van der Waals surface area (Å²) in [4.78, 5) is 4.48. The maximum Gasteiger partial charge on any atom is 0.226 e. The Balaban J connectivity index is 1.60. The highest BCUT2D eigenvalue weighted by Gasteiger charge is 2.40. The van der Waals surface area contributed by atoms with Crippen LogP contribution in [0.1, 0.15) is 34.4 Å². The molecule has 6 rings (SSSR count). The average molecular weight is 422 g/mol. The third-order valence-corrected chi connectivity index (χ3v) is 6.13. The van der Waals surface area contributed by atoms with Gasteiger partial charge in [-0.15, -0.1) is 0 Å². The number of aromatic nitrogens is 3. The van der Waals surface area contributed by atoms with Crippen molar-refractivity contribution in [3.8, 4) is 11.5 Å². The molecule has 3 aromatic carbocycles. The molecule has 158 valence electrons. The largest absolute Gasteiger partial charge is 0.497 e. The zero-order valence-corrected chi connectivity index (χ0v) is 17.8. The number of ether oxygens (including phenoxy) is 2. The predicted molar refractivity (Wildman–Crippen MR) is 123 cm³/mol. The van der Waals surface area contributed by atoms with Crippen molar-refractivity contribution in [2.45, 2.75) is 19.1 Å². The number of nitrogens with one attached hydrogen (secondary N) is 1. The van der Waals surface area contributed by atoms with Crippen molar-refractivity contribution >= 4 is 11.6 Å². The molecule has 0 amide bonds. The lowest BCUT2D eigenvalue weighted by molar-refractivity contribution is 0.223. The maximum atomic E-state index is 6.63. The van der Waals surface area contributed by atoms with Gasteiger partial charge in [-0.05, 0) is 42.3 Å². The number of anilines is 1. The van der Waals surface area contributed by atoms with Crippen molar-refractivity contribution < 1.29 is 9.47 Å². The molecule has 1 N–H and O–H groups in total. The van der Waals surface area contributed by atoms with Crippen LogP contribution >= 0.6 is 0 Å². The Labute approximate surface area is 186 Å². The van der Waals surface area contributed by atoms with Gasteiger partial charge in [-0.2, -0.15) is 10.1 Å². The second-order valence-corrected chi connectivity index (χ2v) is 8.06. The van der Waals surface area contributed by atoms with E-state index < -0.39 is 0 Å². The summed E-state index contributed by atoms with van der Waals surface area (Å²) in [5.41, 5.74) is 6.56. The van der Waals surface area contributed by atoms with Crippen LogP contribution in [-0.4, -0.2) is 21.9 Å². The molecule has 2 aliphatic heterocycles. The second-order valence-electron chi connectivity index (χ2n) is 8.06. The number of hydrogen-bond donors (Lipinski definition) is 1. The quantitative estimate of drug-likeness (QED) is 0.494. The van der Waals surface area contributed by atoms with Crippen LogP contribution in [0.25, 0.3) is 5.70 Å². The average Bonchev–Trinajstić information content (AvgIpc) is 3.31. The van der Waals surface area contributed by atoms with Crippen molar-refractivity contribution in [2.24, 2.45) is 0 Å². The van der Waals surface area contributed by atoms with E-state index in [2.05, 4.69) is 64.8 Å². The van der Waals surface area contributed by atoms with Gasteiger partial charge in [0.15, 0.2) is 0 Å². The van der Waals surface area contributed by atoms with Gasteiger partial charge >= 0.3 is 0 Å². The Bertz CT molecular complexity index is 1320. The van der Waals surface area contributed by atoms with E-state index in [-0.39, 0.29) is 12.1 Å². The van der Waals surface area contributed by atoms with E-state index in [1.807, 2.05) is 35.0 Å². The first-order chi connectivity index (χ1) is 15.7. The predicted octanol–water partition coefficient (Wildman–Crippen LogP) is 5.16. The summed E-state index contributed by atoms with van der Waals surface area (Å²) in [7, 11) is 1.67. The van der Waals surface area contributed by atoms with Crippen LogP contribution in [-0.2, 0) is 0 Å². The Morgan fingerprint density at radius 3 is 2.47 bits per heavy atom. The van der Waals surface area contributed by atoms with Crippen LogP contribution in [0.4, 0.5) is 5.95 Å². The molecule has 2 aliphatic rings. The van der Waals surface area contributed by atoms with Crippen LogP contribution in [0.15, 0.2) is 84.7 Å². The van der Waals surface area contributed by atoms with E-state index in [1.54, 1.807) is 13.4 Å². The second kappa shape index (κ2) is 7.27. The van der Waals surface area contributed by atoms with Crippen LogP contribution in [0, 0.1) is 6.92 Å². The van der Waals surface area contributed by atoms with Crippen LogP contribution in [0.3, 0.4) is 0 Å². The minimum atomic E-state index is -0.290. The van der Waals surface area contributed by atoms with E-state index in [9.17, 15) is 0 Å². The highest BCUT2D eigenvalue weighted by Crippen LogP contribution is 2.50. The van der Waals surface area contributed by atoms with Gasteiger partial charge in [0.2, 0.25) is 5.95 Å². The molecule has 6 heteroatoms. The molecule has 0 fully saturated rings. The lowest BCUT2D eigenvalue weighted by atomic mass is 9.84. The highest BCUT2D eigenvalue weighted by atomic mass is 16.5. The molecule has 1 aromatic heterocycles. The first kappa shape index (κ1) is 18.7. The normalized spacial score (nSPS) is 18.7. The Hall–Kier alpha value is -4.06. The molecule has 0 unspecified atom stereocenters. The lowest BCUT2D eigenvalue weighted by Gasteiger charge is -2.39. The number of rotatable bonds is 3. The third-order valence-electron chi connectivity index (χ3n) is 6.13. The summed E-state index contributed by atoms with van der Waals surface area (Å²) in [5.74, 6) is 2.38. The van der Waals surface area contributed by atoms with Crippen molar-refractivity contribution in [1.82, 2.24) is 14.8 Å². The van der Waals surface area contributed by atoms with Gasteiger partial charge in [0.05, 0.1) is 12.8 Å². The number of methoxy groups -OCH3 is 1. The van der Waals surface area contributed by atoms with Crippen molar-refractivity contribution in [1.29, 1.82) is 0 Å². The van der Waals surface area contributed by atoms with Crippen LogP contribution in [0.5, 0.6) is 11.5 Å². The Morgan fingerprint density at radius 1 is 0.938 bits per heavy atom. The van der Waals surface area contributed by atoms with Crippen LogP contribution in [0.2, 0.25) is 0 Å². The molecule has 0 saturated heterocycles. The lowest BCUT2D eigenvalue weighted by Crippen LogP contribution is -2.32. The van der Waals surface area contributed by atoms with Gasteiger partial charge in [0.1, 0.15) is 30.0 Å². The van der Waals surface area contributed by atoms with Crippen molar-refractivity contribution in [2.75, 3.05) is 12.4 Å². The van der Waals surface area contributed by atoms with Gasteiger partial charge < -0.3 is 14.8 Å². The standard InChI is InChI=1S/C26H22N4O2/c1-16-7-9-17(10-8-16)24-22-23(29-26-27-15-28-30(24)26)20-5-3-4-6-21(20)32-25(22)18-11-13-19(31-2)14-12-18/h3-15,24-25H,1-2H3,(H,27,28,29)/t24-,25-/m0/s1. The van der Waals surface area contributed by atoms with Crippen molar-refractivity contribution in [3.63, 3.8) is 0 Å². The summed E-state index contributed by atoms with van der Waals surface area (Å²) in [6, 6.07) is 24.6. The molecule has 0 bridgehead atoms. The number of fused-ring (bicyclic) bond motifs is 3. The minimum Gasteiger partial charge on any atom is -0.497 e. The summed E-state index contributed by atoms with van der Waals surface area (Å²) < 4.78 is 13.9. The molecule has 3 heterocycles. The molecule has 6 nitrogen and oxygen atoms in total. The molecule has 32 heavy (non-hydrogen) atoms. The van der Waals surface area contributed by atoms with E-state index in [1.165, 1.54) is 5.56 Å². The molecular formula is C26H22N4O2. The highest BCUT2D eigenvalue weighted by molar-refractivity contribution is 5.85. The van der Waals surface area contributed by atoms with Gasteiger partial charge in [0.25, 0.3) is 0 Å². The monoisotopic (exact) mass is 422 g/mol. The molecule has 0 saturated carbocycles. The first-order valence-corrected chi connectivity index (χ1v) is 10.6. The SMILES string of the molecule is COc1ccc([C@@H]2Oc3ccccc3C3=C2[C@H](c2ccc(C)cc2)n2ncnc2N3)cc1. The van der Waals surface area contributed by atoms with Gasteiger partial charge in [-0.3, -0.25) is 0 Å². The van der Waals surface area contributed by atoms with E-state index in [0.29, 0.717) is 0 Å². The van der Waals surface area contributed by atoms with E-state index >= 15 is 0 Å². The Kier molecular flexibility index (Phi) is 4.24. The van der Waals surface area contributed by atoms with Crippen LogP contribution < -0.4 is 14.8 Å². The number of benzene rings is 3. The number of para-hydroxylation sites is 1. The molecule has 0 spiro atoms. The van der Waals surface area contributed by atoms with E-state index in [0.717, 1.165) is 45.4 Å². The third kappa shape index (κ3) is 2.87. The molecule has 2 atom stereocenters. The van der Waals surface area contributed by atoms with Gasteiger partial charge in [-0.25, -0.2) is 4.68 Å². The zero-order valence-electron chi connectivity index (χ0n) is 17.8. The Morgan fingerprint density at radius 2 is 1.69 bits per heavy atom. The first-order valence-electron chi connectivity index (χ1n) is 10.6. The van der Waals surface area contributed by atoms with Gasteiger partial charge in [0, 0.05) is 11.1 Å². The molecule has 4 aromatic rings. The summed E-state index contributed by atoms with van der Waals surface area (Å²) in [5, 5.41) is 8.11. The molecule has 0 aliphatic carbocycles. The smallest absolute Gasteiger partial charge is 0.226 e. The number of aryl methyl sites for hydroxylation is 1. The fraction of sp³-hybridized carbons (Fsp3) is 0.154. The minimum absolute atomic E-state index is 0.148.